The quantitative estimate of drug-likeness (QED) is 0.766. The number of hydrogen-bond donors (Lipinski definition) is 2. The van der Waals surface area contributed by atoms with Crippen LogP contribution in [-0.4, -0.2) is 41.4 Å². The molecule has 1 aromatic carbocycles. The number of halogens is 1. The zero-order valence-corrected chi connectivity index (χ0v) is 14.0. The first kappa shape index (κ1) is 16.2. The molecule has 1 spiro atoms. The number of para-hydroxylation sites is 1. The second-order valence-corrected chi connectivity index (χ2v) is 6.74. The van der Waals surface area contributed by atoms with Gasteiger partial charge in [0, 0.05) is 30.3 Å². The molecular formula is C18H19FN2O4. The number of methoxy groups -OCH3 is 1. The summed E-state index contributed by atoms with van der Waals surface area (Å²) >= 11 is 0. The summed E-state index contributed by atoms with van der Waals surface area (Å²) < 4.78 is 25.1. The number of aliphatic hydroxyl groups excluding tert-OH is 1. The van der Waals surface area contributed by atoms with Crippen LogP contribution in [0.25, 0.3) is 10.9 Å². The normalized spacial score (nSPS) is 28.0. The van der Waals surface area contributed by atoms with Gasteiger partial charge in [0.2, 0.25) is 0 Å². The highest BCUT2D eigenvalue weighted by Gasteiger charge is 2.49. The van der Waals surface area contributed by atoms with Gasteiger partial charge in [0.05, 0.1) is 18.9 Å². The SMILES string of the molecule is COC(=O)C1CC2(CN1)CC(O)c1c(c(C)nc3c(F)cccc13)O2. The van der Waals surface area contributed by atoms with Crippen molar-refractivity contribution in [2.45, 2.75) is 37.5 Å². The number of ether oxygens (including phenoxy) is 2. The summed E-state index contributed by atoms with van der Waals surface area (Å²) in [5.74, 6) is -0.301. The topological polar surface area (TPSA) is 80.7 Å². The number of esters is 1. The molecule has 4 rings (SSSR count). The first-order chi connectivity index (χ1) is 11.9. The van der Waals surface area contributed by atoms with Crippen molar-refractivity contribution in [2.24, 2.45) is 0 Å². The van der Waals surface area contributed by atoms with Crippen molar-refractivity contribution in [2.75, 3.05) is 13.7 Å². The number of rotatable bonds is 1. The molecule has 6 nitrogen and oxygen atoms in total. The molecule has 1 saturated heterocycles. The number of pyridine rings is 1. The van der Waals surface area contributed by atoms with Crippen LogP contribution in [0.5, 0.6) is 5.75 Å². The Balaban J connectivity index is 1.78. The summed E-state index contributed by atoms with van der Waals surface area (Å²) in [4.78, 5) is 16.1. The molecule has 0 bridgehead atoms. The standard InChI is InChI=1S/C18H19FN2O4/c1-9-16-14(10-4-3-5-11(19)15(10)21-9)13(22)7-18(25-16)6-12(20-8-18)17(23)24-2/h3-5,12-13,20,22H,6-8H2,1-2H3. The lowest BCUT2D eigenvalue weighted by Gasteiger charge is -2.38. The molecule has 0 amide bonds. The maximum atomic E-state index is 14.1. The van der Waals surface area contributed by atoms with Gasteiger partial charge < -0.3 is 19.9 Å². The Labute approximate surface area is 144 Å². The number of benzene rings is 1. The minimum absolute atomic E-state index is 0.231. The van der Waals surface area contributed by atoms with Crippen molar-refractivity contribution < 1.29 is 23.8 Å². The van der Waals surface area contributed by atoms with Crippen molar-refractivity contribution in [1.29, 1.82) is 0 Å². The molecule has 2 N–H and O–H groups in total. The van der Waals surface area contributed by atoms with Gasteiger partial charge in [-0.15, -0.1) is 0 Å². The maximum absolute atomic E-state index is 14.1. The smallest absolute Gasteiger partial charge is 0.323 e. The Hall–Kier alpha value is -2.25. The van der Waals surface area contributed by atoms with Crippen LogP contribution in [0, 0.1) is 12.7 Å². The van der Waals surface area contributed by atoms with E-state index in [9.17, 15) is 14.3 Å². The monoisotopic (exact) mass is 346 g/mol. The van der Waals surface area contributed by atoms with Gasteiger partial charge in [0.1, 0.15) is 28.7 Å². The third kappa shape index (κ3) is 2.46. The number of aryl methyl sites for hydroxylation is 1. The first-order valence-electron chi connectivity index (χ1n) is 8.21. The summed E-state index contributed by atoms with van der Waals surface area (Å²) in [5.41, 5.74) is 0.606. The van der Waals surface area contributed by atoms with Gasteiger partial charge in [-0.1, -0.05) is 12.1 Å². The number of aromatic nitrogens is 1. The van der Waals surface area contributed by atoms with Crippen molar-refractivity contribution in [3.8, 4) is 5.75 Å². The van der Waals surface area contributed by atoms with E-state index in [4.69, 9.17) is 9.47 Å². The van der Waals surface area contributed by atoms with Crippen molar-refractivity contribution in [3.63, 3.8) is 0 Å². The Morgan fingerprint density at radius 3 is 3.04 bits per heavy atom. The van der Waals surface area contributed by atoms with Gasteiger partial charge in [-0.3, -0.25) is 4.79 Å². The van der Waals surface area contributed by atoms with E-state index >= 15 is 0 Å². The van der Waals surface area contributed by atoms with E-state index in [0.717, 1.165) is 0 Å². The molecular weight excluding hydrogens is 327 g/mol. The third-order valence-corrected chi connectivity index (χ3v) is 5.08. The summed E-state index contributed by atoms with van der Waals surface area (Å²) in [6.45, 7) is 2.15. The molecule has 3 atom stereocenters. The van der Waals surface area contributed by atoms with Crippen LogP contribution < -0.4 is 10.1 Å². The van der Waals surface area contributed by atoms with Gasteiger partial charge in [0.15, 0.2) is 0 Å². The van der Waals surface area contributed by atoms with Crippen LogP contribution in [0.4, 0.5) is 4.39 Å². The van der Waals surface area contributed by atoms with Gasteiger partial charge in [0.25, 0.3) is 0 Å². The highest BCUT2D eigenvalue weighted by molar-refractivity contribution is 5.86. The Morgan fingerprint density at radius 1 is 1.48 bits per heavy atom. The summed E-state index contributed by atoms with van der Waals surface area (Å²) in [5, 5.41) is 14.5. The van der Waals surface area contributed by atoms with Crippen molar-refractivity contribution in [1.82, 2.24) is 10.3 Å². The minimum Gasteiger partial charge on any atom is -0.483 e. The van der Waals surface area contributed by atoms with Crippen LogP contribution in [0.3, 0.4) is 0 Å². The summed E-state index contributed by atoms with van der Waals surface area (Å²) in [6.07, 6.45) is -0.111. The highest BCUT2D eigenvalue weighted by Crippen LogP contribution is 2.47. The fraction of sp³-hybridized carbons (Fsp3) is 0.444. The average molecular weight is 346 g/mol. The zero-order chi connectivity index (χ0) is 17.8. The fourth-order valence-corrected chi connectivity index (χ4v) is 3.92. The van der Waals surface area contributed by atoms with E-state index in [1.54, 1.807) is 19.1 Å². The van der Waals surface area contributed by atoms with E-state index in [0.29, 0.717) is 41.8 Å². The Morgan fingerprint density at radius 2 is 2.28 bits per heavy atom. The van der Waals surface area contributed by atoms with E-state index in [-0.39, 0.29) is 11.5 Å². The Kier molecular flexibility index (Phi) is 3.66. The van der Waals surface area contributed by atoms with Crippen molar-refractivity contribution >= 4 is 16.9 Å². The van der Waals surface area contributed by atoms with E-state index in [1.807, 2.05) is 0 Å². The summed E-state index contributed by atoms with van der Waals surface area (Å²) in [6, 6.07) is 4.21. The second kappa shape index (κ2) is 5.64. The maximum Gasteiger partial charge on any atom is 0.323 e. The molecule has 2 aliphatic rings. The molecule has 0 aliphatic carbocycles. The van der Waals surface area contributed by atoms with Crippen LogP contribution in [0.2, 0.25) is 0 Å². The molecule has 3 unspecified atom stereocenters. The predicted molar refractivity (Wildman–Crippen MR) is 87.8 cm³/mol. The third-order valence-electron chi connectivity index (χ3n) is 5.08. The minimum atomic E-state index is -0.826. The number of carbonyl (C=O) groups is 1. The van der Waals surface area contributed by atoms with Crippen LogP contribution in [0.1, 0.15) is 30.2 Å². The molecule has 7 heteroatoms. The van der Waals surface area contributed by atoms with E-state index in [1.165, 1.54) is 13.2 Å². The lowest BCUT2D eigenvalue weighted by molar-refractivity contribution is -0.143. The first-order valence-corrected chi connectivity index (χ1v) is 8.21. The average Bonchev–Trinajstić information content (AvgIpc) is 2.98. The molecule has 0 saturated carbocycles. The lowest BCUT2D eigenvalue weighted by Crippen LogP contribution is -2.43. The predicted octanol–water partition coefficient (Wildman–Crippen LogP) is 1.77. The van der Waals surface area contributed by atoms with Crippen LogP contribution >= 0.6 is 0 Å². The van der Waals surface area contributed by atoms with Crippen LogP contribution in [0.15, 0.2) is 18.2 Å². The Bertz CT molecular complexity index is 872. The van der Waals surface area contributed by atoms with Gasteiger partial charge in [-0.2, -0.15) is 0 Å². The lowest BCUT2D eigenvalue weighted by atomic mass is 9.85. The molecule has 2 aliphatic heterocycles. The molecule has 2 aromatic rings. The molecule has 1 fully saturated rings. The highest BCUT2D eigenvalue weighted by atomic mass is 19.1. The number of nitrogens with zero attached hydrogens (tertiary/aromatic N) is 1. The molecule has 3 heterocycles. The number of fused-ring (bicyclic) bond motifs is 3. The number of carbonyl (C=O) groups excluding carboxylic acids is 1. The van der Waals surface area contributed by atoms with Crippen LogP contribution in [-0.2, 0) is 9.53 Å². The number of hydrogen-bond acceptors (Lipinski definition) is 6. The number of nitrogens with one attached hydrogen (secondary N) is 1. The molecule has 0 radical (unpaired) electrons. The van der Waals surface area contributed by atoms with Gasteiger partial charge >= 0.3 is 5.97 Å². The van der Waals surface area contributed by atoms with E-state index < -0.39 is 23.6 Å². The van der Waals surface area contributed by atoms with Crippen molar-refractivity contribution in [3.05, 3.63) is 35.3 Å². The van der Waals surface area contributed by atoms with Gasteiger partial charge in [-0.25, -0.2) is 9.37 Å². The molecule has 25 heavy (non-hydrogen) atoms. The van der Waals surface area contributed by atoms with Gasteiger partial charge in [-0.05, 0) is 13.0 Å². The van der Waals surface area contributed by atoms with E-state index in [2.05, 4.69) is 10.3 Å². The largest absolute Gasteiger partial charge is 0.483 e. The second-order valence-electron chi connectivity index (χ2n) is 6.74. The molecule has 132 valence electrons. The number of aliphatic hydroxyl groups is 1. The fourth-order valence-electron chi connectivity index (χ4n) is 3.92. The summed E-state index contributed by atoms with van der Waals surface area (Å²) in [7, 11) is 1.34. The molecule has 1 aromatic heterocycles. The zero-order valence-electron chi connectivity index (χ0n) is 14.0.